The highest BCUT2D eigenvalue weighted by atomic mass is 35.5. The summed E-state index contributed by atoms with van der Waals surface area (Å²) in [6, 6.07) is 4.44. The van der Waals surface area contributed by atoms with Crippen molar-refractivity contribution in [1.82, 2.24) is 24.2 Å². The number of fused-ring (bicyclic) bond motifs is 1. The number of aromatic amines is 1. The van der Waals surface area contributed by atoms with Gasteiger partial charge in [-0.05, 0) is 37.1 Å². The monoisotopic (exact) mass is 491 g/mol. The number of halogens is 1. The highest BCUT2D eigenvalue weighted by molar-refractivity contribution is 8.24. The number of H-pyrrole nitrogens is 1. The molecule has 0 atom stereocenters. The van der Waals surface area contributed by atoms with Crippen molar-refractivity contribution in [2.75, 3.05) is 17.7 Å². The topological polar surface area (TPSA) is 134 Å². The van der Waals surface area contributed by atoms with Gasteiger partial charge < -0.3 is 10.3 Å². The summed E-state index contributed by atoms with van der Waals surface area (Å²) < 4.78 is 4.51. The number of benzene rings is 1. The summed E-state index contributed by atoms with van der Waals surface area (Å²) in [5, 5.41) is 5.75. The van der Waals surface area contributed by atoms with E-state index in [1.165, 1.54) is 24.2 Å². The zero-order valence-corrected chi connectivity index (χ0v) is 19.3. The maximum absolute atomic E-state index is 12.8. The van der Waals surface area contributed by atoms with E-state index >= 15 is 0 Å². The molecule has 2 heterocycles. The molecule has 0 saturated carbocycles. The lowest BCUT2D eigenvalue weighted by molar-refractivity contribution is 0.257. The fourth-order valence-electron chi connectivity index (χ4n) is 2.52. The standard InChI is InChI=1S/C19H18ClN7O3S2/c1-4-14(20)31-10(2)32-26-18(29)25-15-8-23-16(9-22-15)27-17(28)12-6-5-11(21-3)7-13(12)24-19(27)30/h4-9,21H,2H2,1,3H3,(H,24,30)(H2,22,25,26,29)/b14-4-. The molecule has 0 aliphatic heterocycles. The number of thioether (sulfide) groups is 1. The number of amides is 2. The molecule has 166 valence electrons. The van der Waals surface area contributed by atoms with Crippen LogP contribution in [-0.2, 0) is 0 Å². The van der Waals surface area contributed by atoms with Crippen LogP contribution in [0.1, 0.15) is 6.92 Å². The fourth-order valence-corrected chi connectivity index (χ4v) is 4.09. The minimum Gasteiger partial charge on any atom is -0.388 e. The van der Waals surface area contributed by atoms with Crippen LogP contribution in [0.3, 0.4) is 0 Å². The van der Waals surface area contributed by atoms with Crippen LogP contribution in [0.5, 0.6) is 0 Å². The highest BCUT2D eigenvalue weighted by Crippen LogP contribution is 2.32. The van der Waals surface area contributed by atoms with Gasteiger partial charge in [-0.25, -0.2) is 24.1 Å². The van der Waals surface area contributed by atoms with Crippen LogP contribution in [0.2, 0.25) is 0 Å². The molecule has 10 nitrogen and oxygen atoms in total. The molecule has 0 fully saturated rings. The van der Waals surface area contributed by atoms with Crippen LogP contribution >= 0.6 is 35.3 Å². The number of urea groups is 1. The van der Waals surface area contributed by atoms with E-state index in [9.17, 15) is 14.4 Å². The number of allylic oxidation sites excluding steroid dienone is 1. The molecule has 2 amide bonds. The van der Waals surface area contributed by atoms with Gasteiger partial charge in [0.2, 0.25) is 0 Å². The lowest BCUT2D eigenvalue weighted by Crippen LogP contribution is -2.34. The Labute approximate surface area is 195 Å². The Morgan fingerprint density at radius 3 is 2.72 bits per heavy atom. The maximum Gasteiger partial charge on any atom is 0.334 e. The van der Waals surface area contributed by atoms with E-state index in [4.69, 9.17) is 11.6 Å². The molecule has 0 bridgehead atoms. The molecule has 0 spiro atoms. The Bertz CT molecular complexity index is 1320. The molecule has 0 unspecified atom stereocenters. The van der Waals surface area contributed by atoms with Crippen molar-refractivity contribution in [3.05, 3.63) is 72.7 Å². The van der Waals surface area contributed by atoms with E-state index in [2.05, 4.69) is 36.9 Å². The fraction of sp³-hybridized carbons (Fsp3) is 0.105. The largest absolute Gasteiger partial charge is 0.388 e. The molecule has 13 heteroatoms. The van der Waals surface area contributed by atoms with E-state index in [0.29, 0.717) is 19.5 Å². The second-order valence-corrected chi connectivity index (χ2v) is 8.99. The van der Waals surface area contributed by atoms with Crippen LogP contribution < -0.4 is 26.6 Å². The first-order chi connectivity index (χ1) is 15.3. The van der Waals surface area contributed by atoms with Gasteiger partial charge in [0.25, 0.3) is 5.56 Å². The number of hydrogen-bond donors (Lipinski definition) is 4. The first-order valence-corrected chi connectivity index (χ1v) is 11.0. The molecular weight excluding hydrogens is 474 g/mol. The van der Waals surface area contributed by atoms with E-state index in [0.717, 1.165) is 22.2 Å². The van der Waals surface area contributed by atoms with Gasteiger partial charge >= 0.3 is 11.7 Å². The van der Waals surface area contributed by atoms with E-state index in [-0.39, 0.29) is 11.6 Å². The Kier molecular flexibility index (Phi) is 7.62. The van der Waals surface area contributed by atoms with Crippen molar-refractivity contribution in [2.45, 2.75) is 6.92 Å². The lowest BCUT2D eigenvalue weighted by Gasteiger charge is -2.09. The summed E-state index contributed by atoms with van der Waals surface area (Å²) in [4.78, 5) is 48.1. The molecule has 0 saturated heterocycles. The first-order valence-electron chi connectivity index (χ1n) is 9.04. The molecule has 2 aromatic heterocycles. The summed E-state index contributed by atoms with van der Waals surface area (Å²) in [7, 11) is 1.74. The third kappa shape index (κ3) is 5.52. The number of nitrogens with one attached hydrogen (secondary N) is 4. The normalized spacial score (nSPS) is 11.3. The maximum atomic E-state index is 12.8. The third-order valence-electron chi connectivity index (χ3n) is 3.99. The molecule has 0 aliphatic carbocycles. The summed E-state index contributed by atoms with van der Waals surface area (Å²) in [6.45, 7) is 5.56. The molecule has 3 rings (SSSR count). The number of aromatic nitrogens is 4. The molecule has 3 aromatic rings. The van der Waals surface area contributed by atoms with Gasteiger partial charge in [-0.15, -0.1) is 0 Å². The number of carbonyl (C=O) groups is 1. The van der Waals surface area contributed by atoms with Crippen LogP contribution in [-0.4, -0.2) is 32.6 Å². The predicted octanol–water partition coefficient (Wildman–Crippen LogP) is 3.58. The average Bonchev–Trinajstić information content (AvgIpc) is 2.78. The van der Waals surface area contributed by atoms with Gasteiger partial charge in [-0.3, -0.25) is 14.8 Å². The van der Waals surface area contributed by atoms with Gasteiger partial charge in [-0.2, -0.15) is 0 Å². The molecule has 32 heavy (non-hydrogen) atoms. The van der Waals surface area contributed by atoms with Crippen LogP contribution in [0, 0.1) is 0 Å². The van der Waals surface area contributed by atoms with Gasteiger partial charge in [0, 0.05) is 12.7 Å². The zero-order valence-electron chi connectivity index (χ0n) is 16.9. The van der Waals surface area contributed by atoms with E-state index in [1.54, 1.807) is 38.2 Å². The van der Waals surface area contributed by atoms with E-state index < -0.39 is 17.3 Å². The third-order valence-corrected chi connectivity index (χ3v) is 6.11. The Hall–Kier alpha value is -3.22. The van der Waals surface area contributed by atoms with Crippen molar-refractivity contribution in [2.24, 2.45) is 0 Å². The smallest absolute Gasteiger partial charge is 0.334 e. The molecule has 4 N–H and O–H groups in total. The second kappa shape index (κ2) is 10.4. The van der Waals surface area contributed by atoms with Crippen LogP contribution in [0.25, 0.3) is 16.7 Å². The van der Waals surface area contributed by atoms with Gasteiger partial charge in [0.15, 0.2) is 11.6 Å². The Balaban J connectivity index is 1.74. The summed E-state index contributed by atoms with van der Waals surface area (Å²) in [6.07, 6.45) is 4.16. The van der Waals surface area contributed by atoms with Crippen molar-refractivity contribution in [3.8, 4) is 5.82 Å². The Morgan fingerprint density at radius 2 is 2.06 bits per heavy atom. The average molecular weight is 492 g/mol. The van der Waals surface area contributed by atoms with Crippen LogP contribution in [0.15, 0.2) is 61.4 Å². The van der Waals surface area contributed by atoms with Gasteiger partial charge in [0.1, 0.15) is 0 Å². The minimum atomic E-state index is -0.657. The second-order valence-electron chi connectivity index (χ2n) is 6.07. The van der Waals surface area contributed by atoms with Gasteiger partial charge in [-0.1, -0.05) is 36.0 Å². The highest BCUT2D eigenvalue weighted by Gasteiger charge is 2.12. The number of carbonyl (C=O) groups excluding carboxylic acids is 1. The summed E-state index contributed by atoms with van der Waals surface area (Å²) in [5.41, 5.74) is -0.0369. The minimum absolute atomic E-state index is 0.0157. The quantitative estimate of drug-likeness (QED) is 0.368. The first kappa shape index (κ1) is 23.4. The number of rotatable bonds is 7. The Morgan fingerprint density at radius 1 is 1.28 bits per heavy atom. The van der Waals surface area contributed by atoms with Crippen molar-refractivity contribution < 1.29 is 4.79 Å². The van der Waals surface area contributed by atoms with Crippen molar-refractivity contribution in [1.29, 1.82) is 0 Å². The summed E-state index contributed by atoms with van der Waals surface area (Å²) in [5.74, 6) is 0.141. The number of nitrogens with zero attached hydrogens (tertiary/aromatic N) is 3. The van der Waals surface area contributed by atoms with Crippen molar-refractivity contribution >= 4 is 63.8 Å². The molecule has 0 radical (unpaired) electrons. The zero-order chi connectivity index (χ0) is 23.3. The van der Waals surface area contributed by atoms with Gasteiger partial charge in [0.05, 0.1) is 31.9 Å². The number of anilines is 2. The SMILES string of the molecule is C=C(SNC(=O)Nc1cnc(-n2c(=O)[nH]c3cc(NC)ccc3c2=O)cn1)S/C(Cl)=C\C. The molecule has 0 aliphatic rings. The lowest BCUT2D eigenvalue weighted by atomic mass is 10.2. The molecular formula is C19H18ClN7O3S2. The van der Waals surface area contributed by atoms with Crippen LogP contribution in [0.4, 0.5) is 16.3 Å². The molecule has 1 aromatic carbocycles. The summed E-state index contributed by atoms with van der Waals surface area (Å²) >= 11 is 8.09. The van der Waals surface area contributed by atoms with E-state index in [1.807, 2.05) is 0 Å². The predicted molar refractivity (Wildman–Crippen MR) is 131 cm³/mol. The number of hydrogen-bond acceptors (Lipinski definition) is 8. The van der Waals surface area contributed by atoms with Crippen molar-refractivity contribution in [3.63, 3.8) is 0 Å².